The van der Waals surface area contributed by atoms with Crippen LogP contribution in [0.3, 0.4) is 0 Å². The van der Waals surface area contributed by atoms with Crippen molar-refractivity contribution in [3.8, 4) is 11.5 Å². The molecule has 3 aromatic rings. The topological polar surface area (TPSA) is 105 Å². The van der Waals surface area contributed by atoms with Crippen molar-refractivity contribution in [1.29, 1.82) is 0 Å². The van der Waals surface area contributed by atoms with E-state index in [1.165, 1.54) is 49.5 Å². The summed E-state index contributed by atoms with van der Waals surface area (Å²) in [5.41, 5.74) is 1.05. The lowest BCUT2D eigenvalue weighted by Crippen LogP contribution is -2.53. The minimum atomic E-state index is -4.37. The highest BCUT2D eigenvalue weighted by Crippen LogP contribution is 2.32. The second kappa shape index (κ2) is 15.4. The Morgan fingerprint density at radius 2 is 1.58 bits per heavy atom. The highest BCUT2D eigenvalue weighted by atomic mass is 32.2. The van der Waals surface area contributed by atoms with Crippen molar-refractivity contribution in [2.75, 3.05) is 38.2 Å². The van der Waals surface area contributed by atoms with Crippen LogP contribution >= 0.6 is 0 Å². The van der Waals surface area contributed by atoms with E-state index in [0.29, 0.717) is 25.1 Å². The highest BCUT2D eigenvalue weighted by molar-refractivity contribution is 7.92. The quantitative estimate of drug-likeness (QED) is 0.267. The number of nitrogens with zero attached hydrogens (tertiary/aromatic N) is 2. The predicted octanol–water partition coefficient (Wildman–Crippen LogP) is 4.66. The first kappa shape index (κ1) is 33.4. The van der Waals surface area contributed by atoms with Crippen molar-refractivity contribution in [3.05, 3.63) is 84.2 Å². The summed E-state index contributed by atoms with van der Waals surface area (Å²) in [5, 5.41) is 2.91. The van der Waals surface area contributed by atoms with Crippen molar-refractivity contribution in [2.45, 2.75) is 44.6 Å². The average molecular weight is 614 g/mol. The molecule has 0 aliphatic carbocycles. The van der Waals surface area contributed by atoms with Crippen LogP contribution < -0.4 is 19.1 Å². The Labute approximate surface area is 253 Å². The molecule has 0 aliphatic heterocycles. The van der Waals surface area contributed by atoms with E-state index in [-0.39, 0.29) is 34.7 Å². The lowest BCUT2D eigenvalue weighted by molar-refractivity contribution is -0.139. The molecule has 0 spiro atoms. The second-order valence-corrected chi connectivity index (χ2v) is 12.3. The standard InChI is InChI=1S/C32H40FN3O6S/c1-6-28(32(38)34-21-23(2)3)35(19-18-24-10-8-7-9-11-24)31(37)22-36(26-14-12-25(33)13-15-26)43(39,40)27-16-17-29(41-4)30(20-27)42-5/h7-17,20,23,28H,6,18-19,21-22H2,1-5H3,(H,34,38)/t28-/m0/s1. The summed E-state index contributed by atoms with van der Waals surface area (Å²) in [5.74, 6) is -0.724. The van der Waals surface area contributed by atoms with Gasteiger partial charge in [-0.05, 0) is 60.7 Å². The number of nitrogens with one attached hydrogen (secondary N) is 1. The molecule has 0 saturated carbocycles. The van der Waals surface area contributed by atoms with E-state index in [9.17, 15) is 22.4 Å². The summed E-state index contributed by atoms with van der Waals surface area (Å²) in [6.07, 6.45) is 0.781. The third-order valence-corrected chi connectivity index (χ3v) is 8.66. The summed E-state index contributed by atoms with van der Waals surface area (Å²) < 4.78 is 53.4. The largest absolute Gasteiger partial charge is 0.493 e. The van der Waals surface area contributed by atoms with Gasteiger partial charge in [-0.25, -0.2) is 12.8 Å². The number of ether oxygens (including phenoxy) is 2. The summed E-state index contributed by atoms with van der Waals surface area (Å²) in [7, 11) is -1.55. The van der Waals surface area contributed by atoms with Crippen LogP contribution in [0.5, 0.6) is 11.5 Å². The molecule has 232 valence electrons. The molecule has 3 rings (SSSR count). The van der Waals surface area contributed by atoms with Gasteiger partial charge in [0.2, 0.25) is 11.8 Å². The lowest BCUT2D eigenvalue weighted by atomic mass is 10.1. The number of anilines is 1. The Bertz CT molecular complexity index is 1470. The zero-order valence-corrected chi connectivity index (χ0v) is 26.1. The molecule has 1 N–H and O–H groups in total. The fourth-order valence-electron chi connectivity index (χ4n) is 4.56. The van der Waals surface area contributed by atoms with Crippen molar-refractivity contribution in [2.24, 2.45) is 5.92 Å². The first-order valence-electron chi connectivity index (χ1n) is 14.1. The molecule has 0 fully saturated rings. The van der Waals surface area contributed by atoms with Crippen LogP contribution in [0.1, 0.15) is 32.8 Å². The van der Waals surface area contributed by atoms with E-state index in [4.69, 9.17) is 9.47 Å². The van der Waals surface area contributed by atoms with E-state index in [0.717, 1.165) is 22.0 Å². The first-order chi connectivity index (χ1) is 20.5. The van der Waals surface area contributed by atoms with Gasteiger partial charge in [0, 0.05) is 19.2 Å². The van der Waals surface area contributed by atoms with Gasteiger partial charge in [-0.3, -0.25) is 13.9 Å². The summed E-state index contributed by atoms with van der Waals surface area (Å²) in [6, 6.07) is 17.6. The number of carbonyl (C=O) groups excluding carboxylic acids is 2. The first-order valence-corrected chi connectivity index (χ1v) is 15.6. The zero-order chi connectivity index (χ0) is 31.6. The van der Waals surface area contributed by atoms with Crippen molar-refractivity contribution >= 4 is 27.5 Å². The lowest BCUT2D eigenvalue weighted by Gasteiger charge is -2.33. The minimum Gasteiger partial charge on any atom is -0.493 e. The van der Waals surface area contributed by atoms with Crippen LogP contribution in [0.2, 0.25) is 0 Å². The smallest absolute Gasteiger partial charge is 0.264 e. The van der Waals surface area contributed by atoms with Gasteiger partial charge >= 0.3 is 0 Å². The maximum Gasteiger partial charge on any atom is 0.264 e. The maximum atomic E-state index is 14.1. The molecule has 11 heteroatoms. The third kappa shape index (κ3) is 8.70. The predicted molar refractivity (Wildman–Crippen MR) is 164 cm³/mol. The number of sulfonamides is 1. The summed E-state index contributed by atoms with van der Waals surface area (Å²) in [6.45, 7) is 5.75. The van der Waals surface area contributed by atoms with Crippen LogP contribution in [0.4, 0.5) is 10.1 Å². The summed E-state index contributed by atoms with van der Waals surface area (Å²) in [4.78, 5) is 28.6. The Kier molecular flexibility index (Phi) is 11.9. The average Bonchev–Trinajstić information content (AvgIpc) is 3.01. The zero-order valence-electron chi connectivity index (χ0n) is 25.2. The van der Waals surface area contributed by atoms with Gasteiger partial charge < -0.3 is 19.7 Å². The van der Waals surface area contributed by atoms with Gasteiger partial charge in [0.25, 0.3) is 10.0 Å². The number of hydrogen-bond donors (Lipinski definition) is 1. The number of benzene rings is 3. The fraction of sp³-hybridized carbons (Fsp3) is 0.375. The molecule has 0 heterocycles. The SMILES string of the molecule is CC[C@@H](C(=O)NCC(C)C)N(CCc1ccccc1)C(=O)CN(c1ccc(F)cc1)S(=O)(=O)c1ccc(OC)c(OC)c1. The Morgan fingerprint density at radius 1 is 0.930 bits per heavy atom. The molecular weight excluding hydrogens is 573 g/mol. The van der Waals surface area contributed by atoms with Crippen LogP contribution in [-0.2, 0) is 26.0 Å². The molecule has 0 aliphatic rings. The van der Waals surface area contributed by atoms with Crippen molar-refractivity contribution in [1.82, 2.24) is 10.2 Å². The fourth-order valence-corrected chi connectivity index (χ4v) is 5.99. The molecule has 3 aromatic carbocycles. The van der Waals surface area contributed by atoms with Crippen molar-refractivity contribution in [3.63, 3.8) is 0 Å². The van der Waals surface area contributed by atoms with E-state index < -0.39 is 34.3 Å². The van der Waals surface area contributed by atoms with E-state index in [2.05, 4.69) is 5.32 Å². The number of amides is 2. The van der Waals surface area contributed by atoms with E-state index >= 15 is 0 Å². The Balaban J connectivity index is 2.03. The monoisotopic (exact) mass is 613 g/mol. The number of rotatable bonds is 15. The van der Waals surface area contributed by atoms with E-state index in [1.807, 2.05) is 44.2 Å². The Morgan fingerprint density at radius 3 is 2.16 bits per heavy atom. The van der Waals surface area contributed by atoms with Gasteiger partial charge in [0.1, 0.15) is 18.4 Å². The van der Waals surface area contributed by atoms with Crippen LogP contribution in [0.15, 0.2) is 77.7 Å². The number of carbonyl (C=O) groups is 2. The van der Waals surface area contributed by atoms with Gasteiger partial charge in [-0.1, -0.05) is 51.1 Å². The second-order valence-electron chi connectivity index (χ2n) is 10.4. The normalized spacial score (nSPS) is 12.0. The van der Waals surface area contributed by atoms with Gasteiger partial charge in [0.15, 0.2) is 11.5 Å². The molecule has 0 radical (unpaired) electrons. The number of halogens is 1. The van der Waals surface area contributed by atoms with Crippen LogP contribution in [0.25, 0.3) is 0 Å². The van der Waals surface area contributed by atoms with Gasteiger partial charge in [-0.2, -0.15) is 0 Å². The van der Waals surface area contributed by atoms with Crippen LogP contribution in [0, 0.1) is 11.7 Å². The molecule has 0 bridgehead atoms. The molecule has 1 atom stereocenters. The van der Waals surface area contributed by atoms with Gasteiger partial charge in [0.05, 0.1) is 24.8 Å². The molecular formula is C32H40FN3O6S. The Hall–Kier alpha value is -4.12. The van der Waals surface area contributed by atoms with Crippen LogP contribution in [-0.4, -0.2) is 65.0 Å². The molecule has 0 aromatic heterocycles. The maximum absolute atomic E-state index is 14.1. The van der Waals surface area contributed by atoms with E-state index in [1.54, 1.807) is 6.92 Å². The summed E-state index contributed by atoms with van der Waals surface area (Å²) >= 11 is 0. The van der Waals surface area contributed by atoms with Crippen molar-refractivity contribution < 1.29 is 31.9 Å². The van der Waals surface area contributed by atoms with Gasteiger partial charge in [-0.15, -0.1) is 0 Å². The number of methoxy groups -OCH3 is 2. The molecule has 0 unspecified atom stereocenters. The molecule has 43 heavy (non-hydrogen) atoms. The number of hydrogen-bond acceptors (Lipinski definition) is 6. The highest BCUT2D eigenvalue weighted by Gasteiger charge is 2.34. The molecule has 0 saturated heterocycles. The third-order valence-electron chi connectivity index (χ3n) is 6.89. The molecule has 2 amide bonds. The minimum absolute atomic E-state index is 0.0878. The molecule has 9 nitrogen and oxygen atoms in total.